The van der Waals surface area contributed by atoms with Gasteiger partial charge in [0.2, 0.25) is 5.91 Å². The Kier molecular flexibility index (Phi) is 6.21. The van der Waals surface area contributed by atoms with Gasteiger partial charge in [-0.25, -0.2) is 0 Å². The van der Waals surface area contributed by atoms with Crippen molar-refractivity contribution in [3.63, 3.8) is 0 Å². The fourth-order valence-electron chi connectivity index (χ4n) is 3.95. The molecule has 31 heavy (non-hydrogen) atoms. The molecule has 5 nitrogen and oxygen atoms in total. The average Bonchev–Trinajstić information content (AvgIpc) is 2.79. The molecule has 5 heteroatoms. The molecule has 0 N–H and O–H groups in total. The highest BCUT2D eigenvalue weighted by atomic mass is 16.5. The minimum absolute atomic E-state index is 0.0284. The molecule has 2 aromatic carbocycles. The summed E-state index contributed by atoms with van der Waals surface area (Å²) in [5.41, 5.74) is 4.16. The lowest BCUT2D eigenvalue weighted by atomic mass is 10.0. The SMILES string of the molecule is Cc1cc(OC2CCN(C(=O)Cc3ccc(-c4ccccc4)cc3)CC2)cc(=O)n1C. The molecule has 0 bridgehead atoms. The standard InChI is InChI=1S/C26H28N2O3/c1-19-16-24(18-25(29)27(19)2)31-23-12-14-28(15-13-23)26(30)17-20-8-10-22(11-9-20)21-6-4-3-5-7-21/h3-11,16,18,23H,12-15,17H2,1-2H3. The van der Waals surface area contributed by atoms with Crippen LogP contribution in [0, 0.1) is 6.92 Å². The average molecular weight is 417 g/mol. The number of aromatic nitrogens is 1. The first-order chi connectivity index (χ1) is 15.0. The van der Waals surface area contributed by atoms with Crippen LogP contribution >= 0.6 is 0 Å². The molecule has 3 aromatic rings. The van der Waals surface area contributed by atoms with Crippen LogP contribution in [0.25, 0.3) is 11.1 Å². The lowest BCUT2D eigenvalue weighted by molar-refractivity contribution is -0.132. The van der Waals surface area contributed by atoms with Crippen molar-refractivity contribution in [3.05, 3.63) is 88.3 Å². The van der Waals surface area contributed by atoms with Crippen LogP contribution in [0.1, 0.15) is 24.1 Å². The van der Waals surface area contributed by atoms with Crippen molar-refractivity contribution < 1.29 is 9.53 Å². The summed E-state index contributed by atoms with van der Waals surface area (Å²) in [4.78, 5) is 26.6. The van der Waals surface area contributed by atoms with Crippen molar-refractivity contribution in [2.24, 2.45) is 7.05 Å². The van der Waals surface area contributed by atoms with Gasteiger partial charge in [0, 0.05) is 44.7 Å². The summed E-state index contributed by atoms with van der Waals surface area (Å²) in [6.07, 6.45) is 1.98. The summed E-state index contributed by atoms with van der Waals surface area (Å²) in [5, 5.41) is 0. The Morgan fingerprint density at radius 1 is 0.968 bits per heavy atom. The largest absolute Gasteiger partial charge is 0.490 e. The molecule has 0 spiro atoms. The maximum Gasteiger partial charge on any atom is 0.254 e. The van der Waals surface area contributed by atoms with Crippen molar-refractivity contribution >= 4 is 5.91 Å². The van der Waals surface area contributed by atoms with Crippen molar-refractivity contribution in [2.45, 2.75) is 32.3 Å². The highest BCUT2D eigenvalue weighted by molar-refractivity contribution is 5.79. The third-order valence-corrected chi connectivity index (χ3v) is 5.99. The first-order valence-electron chi connectivity index (χ1n) is 10.8. The number of hydrogen-bond acceptors (Lipinski definition) is 3. The van der Waals surface area contributed by atoms with Gasteiger partial charge in [0.15, 0.2) is 0 Å². The summed E-state index contributed by atoms with van der Waals surface area (Å²) in [5.74, 6) is 0.763. The number of likely N-dealkylation sites (tertiary alicyclic amines) is 1. The number of ether oxygens (including phenoxy) is 1. The van der Waals surface area contributed by atoms with Gasteiger partial charge in [-0.1, -0.05) is 54.6 Å². The van der Waals surface area contributed by atoms with E-state index in [1.165, 1.54) is 11.6 Å². The third-order valence-electron chi connectivity index (χ3n) is 5.99. The monoisotopic (exact) mass is 416 g/mol. The molecule has 0 unspecified atom stereocenters. The van der Waals surface area contributed by atoms with Crippen molar-refractivity contribution in [1.82, 2.24) is 9.47 Å². The second-order valence-electron chi connectivity index (χ2n) is 8.17. The summed E-state index contributed by atoms with van der Waals surface area (Å²) in [6, 6.07) is 21.9. The topological polar surface area (TPSA) is 51.5 Å². The van der Waals surface area contributed by atoms with Gasteiger partial charge in [-0.2, -0.15) is 0 Å². The summed E-state index contributed by atoms with van der Waals surface area (Å²) in [6.45, 7) is 3.24. The highest BCUT2D eigenvalue weighted by Crippen LogP contribution is 2.21. The Morgan fingerprint density at radius 2 is 1.61 bits per heavy atom. The van der Waals surface area contributed by atoms with E-state index in [0.717, 1.165) is 29.7 Å². The number of carbonyl (C=O) groups is 1. The number of nitrogens with zero attached hydrogens (tertiary/aromatic N) is 2. The minimum Gasteiger partial charge on any atom is -0.490 e. The minimum atomic E-state index is -0.0686. The fraction of sp³-hybridized carbons (Fsp3) is 0.308. The van der Waals surface area contributed by atoms with E-state index < -0.39 is 0 Å². The van der Waals surface area contributed by atoms with Gasteiger partial charge in [0.1, 0.15) is 11.9 Å². The zero-order valence-corrected chi connectivity index (χ0v) is 18.1. The van der Waals surface area contributed by atoms with Crippen LogP contribution in [0.3, 0.4) is 0 Å². The van der Waals surface area contributed by atoms with Gasteiger partial charge in [0.25, 0.3) is 5.56 Å². The molecular weight excluding hydrogens is 388 g/mol. The number of piperidine rings is 1. The van der Waals surface area contributed by atoms with Crippen molar-refractivity contribution in [3.8, 4) is 16.9 Å². The first kappa shape index (κ1) is 20.9. The van der Waals surface area contributed by atoms with Crippen molar-refractivity contribution in [1.29, 1.82) is 0 Å². The molecule has 0 aliphatic carbocycles. The number of rotatable bonds is 5. The first-order valence-corrected chi connectivity index (χ1v) is 10.8. The molecule has 0 radical (unpaired) electrons. The molecule has 0 atom stereocenters. The Hall–Kier alpha value is -3.34. The molecular formula is C26H28N2O3. The normalized spacial score (nSPS) is 14.5. The smallest absolute Gasteiger partial charge is 0.254 e. The van der Waals surface area contributed by atoms with Crippen molar-refractivity contribution in [2.75, 3.05) is 13.1 Å². The van der Waals surface area contributed by atoms with Crippen LogP contribution in [0.15, 0.2) is 71.5 Å². The quantitative estimate of drug-likeness (QED) is 0.632. The summed E-state index contributed by atoms with van der Waals surface area (Å²) in [7, 11) is 1.75. The Balaban J connectivity index is 1.30. The molecule has 1 aromatic heterocycles. The zero-order chi connectivity index (χ0) is 21.8. The molecule has 1 fully saturated rings. The van der Waals surface area contributed by atoms with E-state index in [1.807, 2.05) is 48.2 Å². The predicted octanol–water partition coefficient (Wildman–Crippen LogP) is 3.97. The molecule has 1 aliphatic heterocycles. The van der Waals surface area contributed by atoms with E-state index in [-0.39, 0.29) is 17.6 Å². The number of benzene rings is 2. The highest BCUT2D eigenvalue weighted by Gasteiger charge is 2.24. The number of pyridine rings is 1. The van der Waals surface area contributed by atoms with E-state index in [2.05, 4.69) is 24.3 Å². The van der Waals surface area contributed by atoms with Gasteiger partial charge in [0.05, 0.1) is 6.42 Å². The predicted molar refractivity (Wildman–Crippen MR) is 122 cm³/mol. The number of amides is 1. The van der Waals surface area contributed by atoms with E-state index >= 15 is 0 Å². The summed E-state index contributed by atoms with van der Waals surface area (Å²) < 4.78 is 7.62. The van der Waals surface area contributed by atoms with Gasteiger partial charge in [-0.15, -0.1) is 0 Å². The van der Waals surface area contributed by atoms with E-state index in [9.17, 15) is 9.59 Å². The van der Waals surface area contributed by atoms with Crippen LogP contribution in [-0.4, -0.2) is 34.6 Å². The maximum absolute atomic E-state index is 12.8. The number of aryl methyl sites for hydroxylation is 1. The van der Waals surface area contributed by atoms with Gasteiger partial charge in [-0.3, -0.25) is 9.59 Å². The van der Waals surface area contributed by atoms with Crippen LogP contribution in [0.4, 0.5) is 0 Å². The van der Waals surface area contributed by atoms with E-state index in [1.54, 1.807) is 11.6 Å². The maximum atomic E-state index is 12.8. The van der Waals surface area contributed by atoms with Gasteiger partial charge in [-0.05, 0) is 29.7 Å². The van der Waals surface area contributed by atoms with E-state index in [0.29, 0.717) is 25.3 Å². The molecule has 1 amide bonds. The molecule has 160 valence electrons. The molecule has 0 saturated carbocycles. The second kappa shape index (κ2) is 9.21. The molecule has 1 aliphatic rings. The molecule has 1 saturated heterocycles. The number of carbonyl (C=O) groups excluding carboxylic acids is 1. The van der Waals surface area contributed by atoms with Gasteiger partial charge < -0.3 is 14.2 Å². The van der Waals surface area contributed by atoms with Crippen LogP contribution in [0.5, 0.6) is 5.75 Å². The summed E-state index contributed by atoms with van der Waals surface area (Å²) >= 11 is 0. The molecule has 2 heterocycles. The van der Waals surface area contributed by atoms with Crippen LogP contribution in [-0.2, 0) is 18.3 Å². The Labute approximate surface area is 182 Å². The lowest BCUT2D eigenvalue weighted by Gasteiger charge is -2.32. The zero-order valence-electron chi connectivity index (χ0n) is 18.1. The van der Waals surface area contributed by atoms with Gasteiger partial charge >= 0.3 is 0 Å². The Morgan fingerprint density at radius 3 is 2.26 bits per heavy atom. The fourth-order valence-corrected chi connectivity index (χ4v) is 3.95. The lowest BCUT2D eigenvalue weighted by Crippen LogP contribution is -2.42. The van der Waals surface area contributed by atoms with Crippen LogP contribution < -0.4 is 10.3 Å². The Bertz CT molecular complexity index is 1100. The molecule has 4 rings (SSSR count). The van der Waals surface area contributed by atoms with Crippen LogP contribution in [0.2, 0.25) is 0 Å². The third kappa shape index (κ3) is 5.05. The number of hydrogen-bond donors (Lipinski definition) is 0. The second-order valence-corrected chi connectivity index (χ2v) is 8.17. The van der Waals surface area contributed by atoms with E-state index in [4.69, 9.17) is 4.74 Å².